The molecule has 0 saturated carbocycles. The smallest absolute Gasteiger partial charge is 0.238 e. The summed E-state index contributed by atoms with van der Waals surface area (Å²) in [5.74, 6) is 0.871. The van der Waals surface area contributed by atoms with Crippen molar-refractivity contribution in [1.29, 1.82) is 0 Å². The summed E-state index contributed by atoms with van der Waals surface area (Å²) in [5, 5.41) is 9.88. The Kier molecular flexibility index (Phi) is 5.02. The van der Waals surface area contributed by atoms with Crippen LogP contribution in [0.25, 0.3) is 0 Å². The number of H-pyrrole nitrogens is 1. The van der Waals surface area contributed by atoms with Gasteiger partial charge in [0.1, 0.15) is 12.2 Å². The van der Waals surface area contributed by atoms with Crippen LogP contribution in [-0.2, 0) is 11.2 Å². The van der Waals surface area contributed by atoms with Gasteiger partial charge in [-0.15, -0.1) is 0 Å². The molecule has 2 N–H and O–H groups in total. The van der Waals surface area contributed by atoms with Gasteiger partial charge in [-0.05, 0) is 43.5 Å². The molecular weight excluding hydrogens is 290 g/mol. The number of piperidine rings is 1. The van der Waals surface area contributed by atoms with Gasteiger partial charge in [-0.25, -0.2) is 4.98 Å². The van der Waals surface area contributed by atoms with Gasteiger partial charge in [0.05, 0.1) is 12.6 Å². The van der Waals surface area contributed by atoms with Gasteiger partial charge in [0.2, 0.25) is 5.91 Å². The number of aryl methyl sites for hydroxylation is 1. The molecule has 122 valence electrons. The molecule has 1 aliphatic heterocycles. The summed E-state index contributed by atoms with van der Waals surface area (Å²) in [4.78, 5) is 18.8. The van der Waals surface area contributed by atoms with Crippen LogP contribution in [0.5, 0.6) is 0 Å². The predicted octanol–water partition coefficient (Wildman–Crippen LogP) is 2.53. The quantitative estimate of drug-likeness (QED) is 0.889. The molecule has 1 saturated heterocycles. The molecule has 1 aliphatic rings. The van der Waals surface area contributed by atoms with Crippen LogP contribution in [0, 0.1) is 0 Å². The third kappa shape index (κ3) is 3.96. The molecule has 3 rings (SSSR count). The SMILES string of the molecule is CCc1cccc(NC(=O)CN2CCCCC2c2ncn[nH]2)c1. The van der Waals surface area contributed by atoms with E-state index in [2.05, 4.69) is 38.4 Å². The van der Waals surface area contributed by atoms with Crippen LogP contribution in [0.15, 0.2) is 30.6 Å². The van der Waals surface area contributed by atoms with Gasteiger partial charge in [0, 0.05) is 5.69 Å². The van der Waals surface area contributed by atoms with Crippen molar-refractivity contribution in [1.82, 2.24) is 20.1 Å². The summed E-state index contributed by atoms with van der Waals surface area (Å²) in [6.07, 6.45) is 5.76. The Morgan fingerprint density at radius 2 is 2.35 bits per heavy atom. The first-order valence-corrected chi connectivity index (χ1v) is 8.24. The Morgan fingerprint density at radius 1 is 1.43 bits per heavy atom. The summed E-state index contributed by atoms with van der Waals surface area (Å²) in [6, 6.07) is 8.16. The lowest BCUT2D eigenvalue weighted by Crippen LogP contribution is -2.39. The normalized spacial score (nSPS) is 18.7. The zero-order valence-electron chi connectivity index (χ0n) is 13.5. The standard InChI is InChI=1S/C17H23N5O/c1-2-13-6-5-7-14(10-13)20-16(23)11-22-9-4-3-8-15(22)17-18-12-19-21-17/h5-7,10,12,15H,2-4,8-9,11H2,1H3,(H,20,23)(H,18,19,21). The zero-order chi connectivity index (χ0) is 16.1. The van der Waals surface area contributed by atoms with Crippen LogP contribution < -0.4 is 5.32 Å². The molecule has 0 radical (unpaired) electrons. The molecule has 0 bridgehead atoms. The number of hydrogen-bond donors (Lipinski definition) is 2. The van der Waals surface area contributed by atoms with Crippen molar-refractivity contribution < 1.29 is 4.79 Å². The highest BCUT2D eigenvalue weighted by Crippen LogP contribution is 2.28. The monoisotopic (exact) mass is 313 g/mol. The van der Waals surface area contributed by atoms with Crippen LogP contribution >= 0.6 is 0 Å². The van der Waals surface area contributed by atoms with Crippen molar-refractivity contribution in [2.75, 3.05) is 18.4 Å². The van der Waals surface area contributed by atoms with E-state index in [9.17, 15) is 4.79 Å². The molecule has 6 nitrogen and oxygen atoms in total. The number of nitrogens with one attached hydrogen (secondary N) is 2. The maximum Gasteiger partial charge on any atom is 0.238 e. The minimum Gasteiger partial charge on any atom is -0.325 e. The number of benzene rings is 1. The molecule has 2 aromatic rings. The highest BCUT2D eigenvalue weighted by molar-refractivity contribution is 5.92. The molecule has 6 heteroatoms. The molecule has 1 atom stereocenters. The number of aromatic nitrogens is 3. The number of rotatable bonds is 5. The van der Waals surface area contributed by atoms with Gasteiger partial charge in [-0.1, -0.05) is 25.5 Å². The van der Waals surface area contributed by atoms with Crippen LogP contribution in [0.1, 0.15) is 43.6 Å². The van der Waals surface area contributed by atoms with Gasteiger partial charge in [0.15, 0.2) is 0 Å². The number of amides is 1. The fourth-order valence-electron chi connectivity index (χ4n) is 3.12. The van der Waals surface area contributed by atoms with E-state index >= 15 is 0 Å². The zero-order valence-corrected chi connectivity index (χ0v) is 13.5. The summed E-state index contributed by atoms with van der Waals surface area (Å²) in [5.41, 5.74) is 2.09. The highest BCUT2D eigenvalue weighted by atomic mass is 16.2. The molecule has 1 aromatic carbocycles. The Morgan fingerprint density at radius 3 is 3.13 bits per heavy atom. The van der Waals surface area contributed by atoms with Gasteiger partial charge in [-0.2, -0.15) is 5.10 Å². The highest BCUT2D eigenvalue weighted by Gasteiger charge is 2.27. The molecule has 2 heterocycles. The second-order valence-electron chi connectivity index (χ2n) is 5.95. The number of likely N-dealkylation sites (tertiary alicyclic amines) is 1. The summed E-state index contributed by atoms with van der Waals surface area (Å²) >= 11 is 0. The van der Waals surface area contributed by atoms with E-state index in [0.29, 0.717) is 6.54 Å². The van der Waals surface area contributed by atoms with Crippen LogP contribution in [0.2, 0.25) is 0 Å². The maximum atomic E-state index is 12.4. The average Bonchev–Trinajstić information content (AvgIpc) is 3.10. The summed E-state index contributed by atoms with van der Waals surface area (Å²) < 4.78 is 0. The van der Waals surface area contributed by atoms with Crippen molar-refractivity contribution in [2.45, 2.75) is 38.6 Å². The molecule has 23 heavy (non-hydrogen) atoms. The molecule has 0 spiro atoms. The van der Waals surface area contributed by atoms with Gasteiger partial charge >= 0.3 is 0 Å². The first-order valence-electron chi connectivity index (χ1n) is 8.24. The second-order valence-corrected chi connectivity index (χ2v) is 5.95. The lowest BCUT2D eigenvalue weighted by molar-refractivity contribution is -0.118. The van der Waals surface area contributed by atoms with Crippen molar-refractivity contribution in [3.05, 3.63) is 42.0 Å². The predicted molar refractivity (Wildman–Crippen MR) is 89.0 cm³/mol. The molecular formula is C17H23N5O. The first-order chi connectivity index (χ1) is 11.3. The van der Waals surface area contributed by atoms with Crippen molar-refractivity contribution >= 4 is 11.6 Å². The van der Waals surface area contributed by atoms with Crippen LogP contribution in [0.4, 0.5) is 5.69 Å². The van der Waals surface area contributed by atoms with E-state index in [1.165, 1.54) is 11.9 Å². The Bertz CT molecular complexity index is 640. The maximum absolute atomic E-state index is 12.4. The lowest BCUT2D eigenvalue weighted by Gasteiger charge is -2.33. The fourth-order valence-corrected chi connectivity index (χ4v) is 3.12. The molecule has 0 aliphatic carbocycles. The number of hydrogen-bond acceptors (Lipinski definition) is 4. The van der Waals surface area contributed by atoms with Gasteiger partial charge < -0.3 is 5.32 Å². The van der Waals surface area contributed by atoms with E-state index in [0.717, 1.165) is 43.7 Å². The minimum atomic E-state index is 0.0182. The second kappa shape index (κ2) is 7.37. The van der Waals surface area contributed by atoms with Crippen molar-refractivity contribution in [3.8, 4) is 0 Å². The van der Waals surface area contributed by atoms with Gasteiger partial charge in [0.25, 0.3) is 0 Å². The average molecular weight is 313 g/mol. The van der Waals surface area contributed by atoms with E-state index in [-0.39, 0.29) is 11.9 Å². The number of aromatic amines is 1. The van der Waals surface area contributed by atoms with Crippen molar-refractivity contribution in [3.63, 3.8) is 0 Å². The molecule has 1 unspecified atom stereocenters. The fraction of sp³-hybridized carbons (Fsp3) is 0.471. The van der Waals surface area contributed by atoms with Crippen LogP contribution in [0.3, 0.4) is 0 Å². The molecule has 1 fully saturated rings. The number of carbonyl (C=O) groups excluding carboxylic acids is 1. The molecule has 1 aromatic heterocycles. The van der Waals surface area contributed by atoms with Crippen LogP contribution in [-0.4, -0.2) is 39.1 Å². The van der Waals surface area contributed by atoms with E-state index in [1.807, 2.05) is 18.2 Å². The topological polar surface area (TPSA) is 73.9 Å². The number of carbonyl (C=O) groups is 1. The van der Waals surface area contributed by atoms with E-state index in [4.69, 9.17) is 0 Å². The number of anilines is 1. The third-order valence-corrected chi connectivity index (χ3v) is 4.33. The lowest BCUT2D eigenvalue weighted by atomic mass is 10.0. The van der Waals surface area contributed by atoms with Crippen molar-refractivity contribution in [2.24, 2.45) is 0 Å². The first kappa shape index (κ1) is 15.7. The largest absolute Gasteiger partial charge is 0.325 e. The van der Waals surface area contributed by atoms with E-state index < -0.39 is 0 Å². The minimum absolute atomic E-state index is 0.0182. The Labute approximate surface area is 136 Å². The molecule has 1 amide bonds. The third-order valence-electron chi connectivity index (χ3n) is 4.33. The number of nitrogens with zero attached hydrogens (tertiary/aromatic N) is 3. The Balaban J connectivity index is 1.63. The summed E-state index contributed by atoms with van der Waals surface area (Å²) in [7, 11) is 0. The summed E-state index contributed by atoms with van der Waals surface area (Å²) in [6.45, 7) is 3.40. The van der Waals surface area contributed by atoms with Gasteiger partial charge in [-0.3, -0.25) is 14.8 Å². The Hall–Kier alpha value is -2.21. The van der Waals surface area contributed by atoms with E-state index in [1.54, 1.807) is 0 Å².